The summed E-state index contributed by atoms with van der Waals surface area (Å²) in [5.41, 5.74) is 0.991. The third-order valence-corrected chi connectivity index (χ3v) is 3.50. The molecule has 0 unspecified atom stereocenters. The summed E-state index contributed by atoms with van der Waals surface area (Å²) >= 11 is 4.77. The minimum absolute atomic E-state index is 0.00164. The van der Waals surface area contributed by atoms with Gasteiger partial charge >= 0.3 is 0 Å². The van der Waals surface area contributed by atoms with Crippen LogP contribution in [0.4, 0.5) is 4.39 Å². The normalized spacial score (nSPS) is 10.1. The second-order valence-corrected chi connectivity index (χ2v) is 4.74. The van der Waals surface area contributed by atoms with E-state index in [0.29, 0.717) is 11.5 Å². The van der Waals surface area contributed by atoms with E-state index in [4.69, 9.17) is 0 Å². The summed E-state index contributed by atoms with van der Waals surface area (Å²) in [7, 11) is 1.61. The van der Waals surface area contributed by atoms with Gasteiger partial charge in [0.15, 0.2) is 0 Å². The van der Waals surface area contributed by atoms with E-state index in [-0.39, 0.29) is 11.7 Å². The van der Waals surface area contributed by atoms with Gasteiger partial charge in [0.2, 0.25) is 5.91 Å². The maximum atomic E-state index is 12.8. The van der Waals surface area contributed by atoms with Crippen molar-refractivity contribution in [1.82, 2.24) is 5.32 Å². The molecule has 0 saturated carbocycles. The van der Waals surface area contributed by atoms with Gasteiger partial charge in [-0.1, -0.05) is 22.0 Å². The highest BCUT2D eigenvalue weighted by Crippen LogP contribution is 2.22. The number of nitrogens with one attached hydrogen (secondary N) is 1. The molecule has 1 rings (SSSR count). The standard InChI is InChI=1S/C10H11BrFNOS/c1-13-10(14)6-15-5-7-2-3-8(12)4-9(7)11/h2-4H,5-6H2,1H3,(H,13,14). The summed E-state index contributed by atoms with van der Waals surface area (Å²) in [5, 5.41) is 2.54. The van der Waals surface area contributed by atoms with E-state index in [1.807, 2.05) is 0 Å². The van der Waals surface area contributed by atoms with Gasteiger partial charge in [-0.25, -0.2) is 4.39 Å². The van der Waals surface area contributed by atoms with Crippen LogP contribution in [-0.2, 0) is 10.5 Å². The van der Waals surface area contributed by atoms with Gasteiger partial charge in [-0.15, -0.1) is 11.8 Å². The van der Waals surface area contributed by atoms with Crippen LogP contribution in [0.25, 0.3) is 0 Å². The summed E-state index contributed by atoms with van der Waals surface area (Å²) < 4.78 is 13.5. The molecule has 0 heterocycles. The Bertz CT molecular complexity index is 359. The summed E-state index contributed by atoms with van der Waals surface area (Å²) in [4.78, 5) is 10.9. The fourth-order valence-corrected chi connectivity index (χ4v) is 2.54. The molecule has 82 valence electrons. The van der Waals surface area contributed by atoms with E-state index in [9.17, 15) is 9.18 Å². The van der Waals surface area contributed by atoms with Crippen molar-refractivity contribution in [3.63, 3.8) is 0 Å². The Kier molecular flexibility index (Phi) is 5.11. The van der Waals surface area contributed by atoms with Crippen molar-refractivity contribution in [3.8, 4) is 0 Å². The van der Waals surface area contributed by atoms with Gasteiger partial charge < -0.3 is 5.32 Å². The fraction of sp³-hybridized carbons (Fsp3) is 0.300. The van der Waals surface area contributed by atoms with Gasteiger partial charge in [0.05, 0.1) is 5.75 Å². The van der Waals surface area contributed by atoms with Crippen LogP contribution in [-0.4, -0.2) is 18.7 Å². The zero-order chi connectivity index (χ0) is 11.3. The Morgan fingerprint density at radius 2 is 2.33 bits per heavy atom. The van der Waals surface area contributed by atoms with Gasteiger partial charge in [0.25, 0.3) is 0 Å². The van der Waals surface area contributed by atoms with Crippen LogP contribution in [0.5, 0.6) is 0 Å². The van der Waals surface area contributed by atoms with Crippen LogP contribution in [0.15, 0.2) is 22.7 Å². The maximum absolute atomic E-state index is 12.8. The molecule has 0 spiro atoms. The molecular weight excluding hydrogens is 281 g/mol. The molecule has 1 amide bonds. The highest BCUT2D eigenvalue weighted by atomic mass is 79.9. The zero-order valence-electron chi connectivity index (χ0n) is 8.22. The number of carbonyl (C=O) groups excluding carboxylic acids is 1. The fourth-order valence-electron chi connectivity index (χ4n) is 0.965. The zero-order valence-corrected chi connectivity index (χ0v) is 10.6. The van der Waals surface area contributed by atoms with Crippen molar-refractivity contribution >= 4 is 33.6 Å². The average molecular weight is 292 g/mol. The van der Waals surface area contributed by atoms with Crippen LogP contribution >= 0.6 is 27.7 Å². The van der Waals surface area contributed by atoms with Crippen LogP contribution < -0.4 is 5.32 Å². The molecule has 0 aliphatic rings. The van der Waals surface area contributed by atoms with Crippen molar-refractivity contribution in [3.05, 3.63) is 34.1 Å². The molecule has 0 bridgehead atoms. The predicted octanol–water partition coefficient (Wildman–Crippen LogP) is 2.57. The minimum atomic E-state index is -0.262. The average Bonchev–Trinajstić information content (AvgIpc) is 2.21. The molecule has 0 aliphatic heterocycles. The smallest absolute Gasteiger partial charge is 0.229 e. The molecule has 0 radical (unpaired) electrons. The van der Waals surface area contributed by atoms with Crippen molar-refractivity contribution in [1.29, 1.82) is 0 Å². The molecule has 0 aliphatic carbocycles. The van der Waals surface area contributed by atoms with Crippen molar-refractivity contribution in [2.45, 2.75) is 5.75 Å². The Balaban J connectivity index is 2.47. The van der Waals surface area contributed by atoms with E-state index >= 15 is 0 Å². The Labute approximate surface area is 101 Å². The third-order valence-electron chi connectivity index (χ3n) is 1.78. The van der Waals surface area contributed by atoms with Gasteiger partial charge in [-0.05, 0) is 17.7 Å². The van der Waals surface area contributed by atoms with E-state index < -0.39 is 0 Å². The molecule has 2 nitrogen and oxygen atoms in total. The molecule has 1 aromatic rings. The lowest BCUT2D eigenvalue weighted by Crippen LogP contribution is -2.19. The monoisotopic (exact) mass is 291 g/mol. The predicted molar refractivity (Wildman–Crippen MR) is 64.3 cm³/mol. The van der Waals surface area contributed by atoms with Crippen LogP contribution in [0, 0.1) is 5.82 Å². The lowest BCUT2D eigenvalue weighted by molar-refractivity contribution is -0.118. The number of halogens is 2. The third kappa shape index (κ3) is 4.22. The highest BCUT2D eigenvalue weighted by molar-refractivity contribution is 9.10. The largest absolute Gasteiger partial charge is 0.358 e. The molecule has 1 aromatic carbocycles. The second kappa shape index (κ2) is 6.12. The first-order chi connectivity index (χ1) is 7.13. The Morgan fingerprint density at radius 3 is 2.93 bits per heavy atom. The quantitative estimate of drug-likeness (QED) is 0.924. The van der Waals surface area contributed by atoms with Crippen LogP contribution in [0.1, 0.15) is 5.56 Å². The number of benzene rings is 1. The SMILES string of the molecule is CNC(=O)CSCc1ccc(F)cc1Br. The van der Waals surface area contributed by atoms with E-state index in [1.165, 1.54) is 23.9 Å². The summed E-state index contributed by atoms with van der Waals surface area (Å²) in [6.07, 6.45) is 0. The topological polar surface area (TPSA) is 29.1 Å². The number of thioether (sulfide) groups is 1. The first kappa shape index (κ1) is 12.5. The summed E-state index contributed by atoms with van der Waals surface area (Å²) in [6.45, 7) is 0. The van der Waals surface area contributed by atoms with Crippen molar-refractivity contribution in [2.75, 3.05) is 12.8 Å². The molecule has 0 saturated heterocycles. The lowest BCUT2D eigenvalue weighted by Gasteiger charge is -2.04. The molecule has 0 atom stereocenters. The lowest BCUT2D eigenvalue weighted by atomic mass is 10.2. The van der Waals surface area contributed by atoms with Crippen molar-refractivity contribution in [2.24, 2.45) is 0 Å². The first-order valence-electron chi connectivity index (χ1n) is 4.35. The maximum Gasteiger partial charge on any atom is 0.229 e. The molecule has 0 aromatic heterocycles. The number of hydrogen-bond acceptors (Lipinski definition) is 2. The number of amides is 1. The molecule has 0 fully saturated rings. The molecule has 5 heteroatoms. The number of rotatable bonds is 4. The van der Waals surface area contributed by atoms with E-state index in [2.05, 4.69) is 21.2 Å². The second-order valence-electron chi connectivity index (χ2n) is 2.90. The van der Waals surface area contributed by atoms with Crippen LogP contribution in [0.3, 0.4) is 0 Å². The summed E-state index contributed by atoms with van der Waals surface area (Å²) in [6, 6.07) is 4.56. The van der Waals surface area contributed by atoms with Gasteiger partial charge in [-0.3, -0.25) is 4.79 Å². The first-order valence-corrected chi connectivity index (χ1v) is 6.30. The van der Waals surface area contributed by atoms with E-state index in [1.54, 1.807) is 13.1 Å². The Morgan fingerprint density at radius 1 is 1.60 bits per heavy atom. The van der Waals surface area contributed by atoms with Crippen LogP contribution in [0.2, 0.25) is 0 Å². The van der Waals surface area contributed by atoms with Gasteiger partial charge in [0, 0.05) is 17.3 Å². The molecular formula is C10H11BrFNOS. The Hall–Kier alpha value is -0.550. The number of carbonyl (C=O) groups is 1. The van der Waals surface area contributed by atoms with E-state index in [0.717, 1.165) is 10.0 Å². The highest BCUT2D eigenvalue weighted by Gasteiger charge is 2.03. The van der Waals surface area contributed by atoms with Gasteiger partial charge in [-0.2, -0.15) is 0 Å². The molecule has 15 heavy (non-hydrogen) atoms. The van der Waals surface area contributed by atoms with Gasteiger partial charge in [0.1, 0.15) is 5.82 Å². The summed E-state index contributed by atoms with van der Waals surface area (Å²) in [5.74, 6) is 0.842. The number of hydrogen-bond donors (Lipinski definition) is 1. The van der Waals surface area contributed by atoms with Crippen molar-refractivity contribution < 1.29 is 9.18 Å². The minimum Gasteiger partial charge on any atom is -0.358 e. The molecule has 1 N–H and O–H groups in total.